The number of carboxylic acids is 1. The Bertz CT molecular complexity index is 219. The number of aliphatic carboxylic acids is 1. The predicted octanol–water partition coefficient (Wildman–Crippen LogP) is 1.98. The summed E-state index contributed by atoms with van der Waals surface area (Å²) in [4.78, 5) is 12.3. The number of aromatic amines is 1. The fourth-order valence-corrected chi connectivity index (χ4v) is 0.649. The molecule has 0 saturated heterocycles. The van der Waals surface area contributed by atoms with E-state index in [1.165, 1.54) is 0 Å². The van der Waals surface area contributed by atoms with Crippen molar-refractivity contribution in [2.24, 2.45) is 0 Å². The van der Waals surface area contributed by atoms with Gasteiger partial charge in [-0.15, -0.1) is 0 Å². The second-order valence-electron chi connectivity index (χ2n) is 2.55. The number of hydrogen-bond acceptors (Lipinski definition) is 2. The summed E-state index contributed by atoms with van der Waals surface area (Å²) < 4.78 is 0. The van der Waals surface area contributed by atoms with Gasteiger partial charge >= 0.3 is 5.97 Å². The molecule has 0 saturated carbocycles. The summed E-state index contributed by atoms with van der Waals surface area (Å²) in [5, 5.41) is 16.5. The van der Waals surface area contributed by atoms with Crippen LogP contribution in [0.25, 0.3) is 0 Å². The first kappa shape index (κ1) is 11.6. The first-order valence-corrected chi connectivity index (χ1v) is 4.21. The third kappa shape index (κ3) is 8.46. The molecule has 0 aromatic carbocycles. The maximum Gasteiger partial charge on any atom is 0.303 e. The van der Waals surface area contributed by atoms with Gasteiger partial charge in [-0.1, -0.05) is 13.3 Å². The molecule has 4 heteroatoms. The Balaban J connectivity index is 0.000000223. The van der Waals surface area contributed by atoms with Crippen LogP contribution in [0.15, 0.2) is 18.3 Å². The highest BCUT2D eigenvalue weighted by atomic mass is 16.4. The van der Waals surface area contributed by atoms with Gasteiger partial charge in [0.2, 0.25) is 0 Å². The van der Waals surface area contributed by atoms with Crippen LogP contribution in [0.3, 0.4) is 0 Å². The Morgan fingerprint density at radius 2 is 2.31 bits per heavy atom. The van der Waals surface area contributed by atoms with E-state index in [4.69, 9.17) is 10.2 Å². The number of aromatic nitrogens is 1. The van der Waals surface area contributed by atoms with Crippen LogP contribution in [0.5, 0.6) is 5.88 Å². The molecule has 1 aromatic heterocycles. The summed E-state index contributed by atoms with van der Waals surface area (Å²) in [6.45, 7) is 1.98. The normalized spacial score (nSPS) is 8.69. The molecule has 0 atom stereocenters. The number of carboxylic acid groups (broad SMARTS) is 1. The van der Waals surface area contributed by atoms with E-state index in [0.717, 1.165) is 12.8 Å². The molecule has 0 fully saturated rings. The van der Waals surface area contributed by atoms with Crippen LogP contribution in [-0.2, 0) is 4.79 Å². The molecule has 4 nitrogen and oxygen atoms in total. The van der Waals surface area contributed by atoms with Gasteiger partial charge in [0, 0.05) is 12.6 Å². The topological polar surface area (TPSA) is 73.3 Å². The molecule has 0 bridgehead atoms. The summed E-state index contributed by atoms with van der Waals surface area (Å²) in [7, 11) is 0. The standard InChI is InChI=1S/C5H10O2.C4H5NO/c1-2-3-4-5(6)7;6-4-2-1-3-5-4/h2-4H2,1H3,(H,6,7);1-3,5-6H. The van der Waals surface area contributed by atoms with Crippen molar-refractivity contribution in [2.75, 3.05) is 0 Å². The van der Waals surface area contributed by atoms with Crippen molar-refractivity contribution in [3.05, 3.63) is 18.3 Å². The van der Waals surface area contributed by atoms with E-state index in [0.29, 0.717) is 6.42 Å². The first-order valence-electron chi connectivity index (χ1n) is 4.21. The number of carbonyl (C=O) groups is 1. The molecule has 1 heterocycles. The fraction of sp³-hybridized carbons (Fsp3) is 0.444. The molecular formula is C9H15NO3. The highest BCUT2D eigenvalue weighted by Gasteiger charge is 1.90. The Kier molecular flexibility index (Phi) is 6.41. The number of hydrogen-bond donors (Lipinski definition) is 3. The van der Waals surface area contributed by atoms with Crippen LogP contribution in [0.1, 0.15) is 26.2 Å². The average Bonchev–Trinajstić information content (AvgIpc) is 2.53. The zero-order chi connectivity index (χ0) is 10.1. The van der Waals surface area contributed by atoms with Crippen LogP contribution in [0, 0.1) is 0 Å². The van der Waals surface area contributed by atoms with Gasteiger partial charge in [0.25, 0.3) is 0 Å². The molecule has 3 N–H and O–H groups in total. The van der Waals surface area contributed by atoms with Gasteiger partial charge in [0.15, 0.2) is 5.88 Å². The number of rotatable bonds is 3. The third-order valence-electron chi connectivity index (χ3n) is 1.33. The molecule has 13 heavy (non-hydrogen) atoms. The summed E-state index contributed by atoms with van der Waals surface area (Å²) in [5.74, 6) is -0.475. The Labute approximate surface area is 77.2 Å². The maximum atomic E-state index is 9.76. The average molecular weight is 185 g/mol. The van der Waals surface area contributed by atoms with Gasteiger partial charge in [-0.25, -0.2) is 0 Å². The van der Waals surface area contributed by atoms with Gasteiger partial charge in [0.05, 0.1) is 0 Å². The first-order chi connectivity index (χ1) is 6.16. The molecule has 0 radical (unpaired) electrons. The molecule has 0 spiro atoms. The van der Waals surface area contributed by atoms with Crippen molar-refractivity contribution in [3.63, 3.8) is 0 Å². The SMILES string of the molecule is CCCCC(=O)O.Oc1ccc[nH]1. The van der Waals surface area contributed by atoms with Crippen LogP contribution >= 0.6 is 0 Å². The smallest absolute Gasteiger partial charge is 0.303 e. The van der Waals surface area contributed by atoms with E-state index < -0.39 is 5.97 Å². The molecule has 74 valence electrons. The number of nitrogens with one attached hydrogen (secondary N) is 1. The number of H-pyrrole nitrogens is 1. The largest absolute Gasteiger partial charge is 0.495 e. The Morgan fingerprint density at radius 1 is 1.62 bits per heavy atom. The Morgan fingerprint density at radius 3 is 2.46 bits per heavy atom. The molecular weight excluding hydrogens is 170 g/mol. The third-order valence-corrected chi connectivity index (χ3v) is 1.33. The molecule has 0 aliphatic carbocycles. The summed E-state index contributed by atoms with van der Waals surface area (Å²) in [6.07, 6.45) is 3.74. The molecule has 0 amide bonds. The highest BCUT2D eigenvalue weighted by molar-refractivity contribution is 5.66. The lowest BCUT2D eigenvalue weighted by Gasteiger charge is -1.85. The van der Waals surface area contributed by atoms with Gasteiger partial charge in [0.1, 0.15) is 0 Å². The van der Waals surface area contributed by atoms with Crippen molar-refractivity contribution in [1.82, 2.24) is 4.98 Å². The van der Waals surface area contributed by atoms with E-state index in [1.807, 2.05) is 6.92 Å². The minimum atomic E-state index is -0.693. The number of aromatic hydroxyl groups is 1. The molecule has 1 aromatic rings. The van der Waals surface area contributed by atoms with E-state index in [-0.39, 0.29) is 5.88 Å². The second kappa shape index (κ2) is 7.21. The lowest BCUT2D eigenvalue weighted by atomic mass is 10.3. The minimum absolute atomic E-state index is 0.218. The van der Waals surface area contributed by atoms with Gasteiger partial charge in [-0.3, -0.25) is 4.79 Å². The van der Waals surface area contributed by atoms with Crippen molar-refractivity contribution < 1.29 is 15.0 Å². The predicted molar refractivity (Wildman–Crippen MR) is 49.6 cm³/mol. The van der Waals surface area contributed by atoms with Gasteiger partial charge in [-0.2, -0.15) is 0 Å². The Hall–Kier alpha value is -1.45. The quantitative estimate of drug-likeness (QED) is 0.674. The highest BCUT2D eigenvalue weighted by Crippen LogP contribution is 1.97. The molecule has 0 aliphatic rings. The lowest BCUT2D eigenvalue weighted by molar-refractivity contribution is -0.137. The van der Waals surface area contributed by atoms with Gasteiger partial charge in [-0.05, 0) is 18.6 Å². The molecule has 0 unspecified atom stereocenters. The second-order valence-corrected chi connectivity index (χ2v) is 2.55. The van der Waals surface area contributed by atoms with E-state index in [1.54, 1.807) is 18.3 Å². The van der Waals surface area contributed by atoms with Crippen molar-refractivity contribution in [1.29, 1.82) is 0 Å². The van der Waals surface area contributed by atoms with Crippen molar-refractivity contribution in [2.45, 2.75) is 26.2 Å². The summed E-state index contributed by atoms with van der Waals surface area (Å²) >= 11 is 0. The van der Waals surface area contributed by atoms with Crippen molar-refractivity contribution >= 4 is 5.97 Å². The zero-order valence-corrected chi connectivity index (χ0v) is 7.66. The van der Waals surface area contributed by atoms with Crippen LogP contribution in [0.2, 0.25) is 0 Å². The monoisotopic (exact) mass is 185 g/mol. The lowest BCUT2D eigenvalue weighted by Crippen LogP contribution is -1.91. The minimum Gasteiger partial charge on any atom is -0.495 e. The van der Waals surface area contributed by atoms with Crippen molar-refractivity contribution in [3.8, 4) is 5.88 Å². The molecule has 0 aliphatic heterocycles. The van der Waals surface area contributed by atoms with E-state index >= 15 is 0 Å². The summed E-state index contributed by atoms with van der Waals surface area (Å²) in [5.41, 5.74) is 0. The fourth-order valence-electron chi connectivity index (χ4n) is 0.649. The van der Waals surface area contributed by atoms with Crippen LogP contribution in [0.4, 0.5) is 0 Å². The van der Waals surface area contributed by atoms with Crippen LogP contribution in [-0.4, -0.2) is 21.2 Å². The zero-order valence-electron chi connectivity index (χ0n) is 7.66. The summed E-state index contributed by atoms with van der Waals surface area (Å²) in [6, 6.07) is 3.31. The van der Waals surface area contributed by atoms with Crippen LogP contribution < -0.4 is 0 Å². The van der Waals surface area contributed by atoms with E-state index in [9.17, 15) is 4.79 Å². The molecule has 1 rings (SSSR count). The van der Waals surface area contributed by atoms with Gasteiger partial charge < -0.3 is 15.2 Å². The maximum absolute atomic E-state index is 9.76. The van der Waals surface area contributed by atoms with E-state index in [2.05, 4.69) is 4.98 Å². The number of unbranched alkanes of at least 4 members (excludes halogenated alkanes) is 1.